The molecule has 0 unspecified atom stereocenters. The molecule has 2 aromatic rings. The molecule has 2 aliphatic rings. The maximum Gasteiger partial charge on any atom is 0.324 e. The highest BCUT2D eigenvalue weighted by atomic mass is 16.6. The number of carbonyl (C=O) groups excluding carboxylic acids is 2. The summed E-state index contributed by atoms with van der Waals surface area (Å²) in [5.74, 6) is -0.537. The zero-order valence-corrected chi connectivity index (χ0v) is 25.7. The average Bonchev–Trinajstić information content (AvgIpc) is 3.53. The number of hydrogen-bond acceptors (Lipinski definition) is 6. The van der Waals surface area contributed by atoms with Gasteiger partial charge in [-0.05, 0) is 86.0 Å². The van der Waals surface area contributed by atoms with E-state index in [0.717, 1.165) is 49.9 Å². The summed E-state index contributed by atoms with van der Waals surface area (Å²) in [6, 6.07) is 15.8. The number of likely N-dealkylation sites (N-methyl/N-ethyl adjacent to an activating group) is 2. The van der Waals surface area contributed by atoms with Crippen molar-refractivity contribution in [2.45, 2.75) is 102 Å². The number of carbonyl (C=O) groups is 2. The van der Waals surface area contributed by atoms with Crippen molar-refractivity contribution >= 4 is 11.9 Å². The molecule has 4 rings (SSSR count). The van der Waals surface area contributed by atoms with Crippen LogP contribution in [-0.2, 0) is 29.9 Å². The molecular formula is C34H48N2O4. The number of benzene rings is 2. The topological polar surface area (TPSA) is 59.1 Å². The van der Waals surface area contributed by atoms with Crippen LogP contribution in [0.25, 0.3) is 0 Å². The minimum absolute atomic E-state index is 0.0149. The standard InChI is InChI=1S/C34H48N2O4/c1-33(2,3)25-17-13-23(14-18-25)29(39-31(37)27-11-9-21-35(27)7)30(40-32(38)28-12-10-22-36(28)8)24-15-19-26(20-16-24)34(4,5)6/h13-20,27-30H,9-12,21-22H2,1-8H3/t27-,28-,29-,30-/m0/s1. The van der Waals surface area contributed by atoms with Crippen LogP contribution in [0.1, 0.15) is 102 Å². The molecule has 2 aromatic carbocycles. The van der Waals surface area contributed by atoms with Crippen LogP contribution in [0, 0.1) is 0 Å². The zero-order valence-electron chi connectivity index (χ0n) is 25.7. The Bertz CT molecular complexity index is 1070. The predicted molar refractivity (Wildman–Crippen MR) is 159 cm³/mol. The van der Waals surface area contributed by atoms with Gasteiger partial charge < -0.3 is 9.47 Å². The van der Waals surface area contributed by atoms with Gasteiger partial charge >= 0.3 is 11.9 Å². The Balaban J connectivity index is 1.76. The molecule has 218 valence electrons. The Morgan fingerprint density at radius 1 is 0.650 bits per heavy atom. The maximum absolute atomic E-state index is 13.6. The summed E-state index contributed by atoms with van der Waals surface area (Å²) < 4.78 is 12.7. The van der Waals surface area contributed by atoms with Gasteiger partial charge in [0.25, 0.3) is 0 Å². The fraction of sp³-hybridized carbons (Fsp3) is 0.588. The maximum atomic E-state index is 13.6. The number of hydrogen-bond donors (Lipinski definition) is 0. The van der Waals surface area contributed by atoms with Crippen molar-refractivity contribution in [3.8, 4) is 0 Å². The number of esters is 2. The molecular weight excluding hydrogens is 500 g/mol. The van der Waals surface area contributed by atoms with E-state index in [1.807, 2.05) is 38.4 Å². The molecule has 6 nitrogen and oxygen atoms in total. The second kappa shape index (κ2) is 12.0. The van der Waals surface area contributed by atoms with E-state index < -0.39 is 12.2 Å². The smallest absolute Gasteiger partial charge is 0.324 e. The minimum Gasteiger partial charge on any atom is -0.452 e. The van der Waals surface area contributed by atoms with Crippen LogP contribution in [0.15, 0.2) is 48.5 Å². The largest absolute Gasteiger partial charge is 0.452 e. The van der Waals surface area contributed by atoms with Gasteiger partial charge in [0, 0.05) is 0 Å². The summed E-state index contributed by atoms with van der Waals surface area (Å²) in [7, 11) is 3.93. The van der Waals surface area contributed by atoms with Crippen molar-refractivity contribution < 1.29 is 19.1 Å². The van der Waals surface area contributed by atoms with E-state index in [-0.39, 0.29) is 34.9 Å². The van der Waals surface area contributed by atoms with Crippen molar-refractivity contribution in [2.24, 2.45) is 0 Å². The molecule has 0 spiro atoms. The number of rotatable bonds is 7. The van der Waals surface area contributed by atoms with Crippen LogP contribution in [0.2, 0.25) is 0 Å². The third-order valence-electron chi connectivity index (χ3n) is 8.56. The monoisotopic (exact) mass is 548 g/mol. The molecule has 0 N–H and O–H groups in total. The van der Waals surface area contributed by atoms with Crippen LogP contribution in [0.3, 0.4) is 0 Å². The SMILES string of the molecule is CN1CCC[C@H]1C(=O)O[C@@H](c1ccc(C(C)(C)C)cc1)[C@@H](OC(=O)[C@@H]1CCCN1C)c1ccc(C(C)(C)C)cc1. The van der Waals surface area contributed by atoms with Crippen molar-refractivity contribution in [1.82, 2.24) is 9.80 Å². The lowest BCUT2D eigenvalue weighted by molar-refractivity contribution is -0.175. The number of likely N-dealkylation sites (tertiary alicyclic amines) is 2. The summed E-state index contributed by atoms with van der Waals surface area (Å²) in [6.45, 7) is 14.8. The second-order valence-electron chi connectivity index (χ2n) is 13.7. The lowest BCUT2D eigenvalue weighted by atomic mass is 9.85. The van der Waals surface area contributed by atoms with Gasteiger partial charge in [-0.3, -0.25) is 19.4 Å². The van der Waals surface area contributed by atoms with E-state index in [9.17, 15) is 9.59 Å². The quantitative estimate of drug-likeness (QED) is 0.377. The first-order valence-corrected chi connectivity index (χ1v) is 14.8. The average molecular weight is 549 g/mol. The first-order chi connectivity index (χ1) is 18.8. The molecule has 2 saturated heterocycles. The Morgan fingerprint density at radius 2 is 0.975 bits per heavy atom. The van der Waals surface area contributed by atoms with Gasteiger partial charge in [-0.1, -0.05) is 90.1 Å². The first-order valence-electron chi connectivity index (χ1n) is 14.8. The first kappa shape index (κ1) is 30.3. The van der Waals surface area contributed by atoms with Gasteiger partial charge in [-0.15, -0.1) is 0 Å². The van der Waals surface area contributed by atoms with E-state index >= 15 is 0 Å². The van der Waals surface area contributed by atoms with E-state index in [1.165, 1.54) is 11.1 Å². The van der Waals surface area contributed by atoms with Gasteiger partial charge in [0.1, 0.15) is 12.1 Å². The molecule has 0 radical (unpaired) electrons. The number of ether oxygens (including phenoxy) is 2. The van der Waals surface area contributed by atoms with Gasteiger partial charge in [0.15, 0.2) is 12.2 Å². The summed E-state index contributed by atoms with van der Waals surface area (Å²) in [6.07, 6.45) is 1.91. The zero-order chi connectivity index (χ0) is 29.2. The fourth-order valence-corrected chi connectivity index (χ4v) is 5.78. The van der Waals surface area contributed by atoms with Crippen LogP contribution < -0.4 is 0 Å². The molecule has 2 fully saturated rings. The molecule has 0 aliphatic carbocycles. The highest BCUT2D eigenvalue weighted by Gasteiger charge is 2.39. The highest BCUT2D eigenvalue weighted by Crippen LogP contribution is 2.39. The Kier molecular flexibility index (Phi) is 9.11. The minimum atomic E-state index is -0.772. The summed E-state index contributed by atoms with van der Waals surface area (Å²) in [4.78, 5) is 31.2. The fourth-order valence-electron chi connectivity index (χ4n) is 5.78. The third-order valence-corrected chi connectivity index (χ3v) is 8.56. The van der Waals surface area contributed by atoms with E-state index in [2.05, 4.69) is 75.6 Å². The van der Waals surface area contributed by atoms with Crippen LogP contribution in [0.5, 0.6) is 0 Å². The highest BCUT2D eigenvalue weighted by molar-refractivity contribution is 5.77. The molecule has 0 saturated carbocycles. The third kappa shape index (κ3) is 6.95. The van der Waals surface area contributed by atoms with Crippen LogP contribution in [0.4, 0.5) is 0 Å². The van der Waals surface area contributed by atoms with E-state index in [1.54, 1.807) is 0 Å². The van der Waals surface area contributed by atoms with Gasteiger partial charge in [-0.2, -0.15) is 0 Å². The van der Waals surface area contributed by atoms with Crippen molar-refractivity contribution in [2.75, 3.05) is 27.2 Å². The van der Waals surface area contributed by atoms with E-state index in [0.29, 0.717) is 0 Å². The Hall–Kier alpha value is -2.70. The van der Waals surface area contributed by atoms with E-state index in [4.69, 9.17) is 9.47 Å². The van der Waals surface area contributed by atoms with Crippen LogP contribution >= 0.6 is 0 Å². The molecule has 0 amide bonds. The summed E-state index contributed by atoms with van der Waals surface area (Å²) in [5.41, 5.74) is 3.98. The predicted octanol–water partition coefficient (Wildman–Crippen LogP) is 6.34. The van der Waals surface area contributed by atoms with Gasteiger partial charge in [0.2, 0.25) is 0 Å². The summed E-state index contributed by atoms with van der Waals surface area (Å²) >= 11 is 0. The number of nitrogens with zero attached hydrogens (tertiary/aromatic N) is 2. The lowest BCUT2D eigenvalue weighted by Gasteiger charge is -2.32. The van der Waals surface area contributed by atoms with Gasteiger partial charge in [0.05, 0.1) is 0 Å². The van der Waals surface area contributed by atoms with Crippen LogP contribution in [-0.4, -0.2) is 61.0 Å². The molecule has 40 heavy (non-hydrogen) atoms. The molecule has 2 heterocycles. The van der Waals surface area contributed by atoms with Crippen molar-refractivity contribution in [1.29, 1.82) is 0 Å². The van der Waals surface area contributed by atoms with Crippen molar-refractivity contribution in [3.63, 3.8) is 0 Å². The lowest BCUT2D eigenvalue weighted by Crippen LogP contribution is -2.38. The second-order valence-corrected chi connectivity index (χ2v) is 13.7. The molecule has 4 atom stereocenters. The summed E-state index contributed by atoms with van der Waals surface area (Å²) in [5, 5.41) is 0. The molecule has 2 aliphatic heterocycles. The molecule has 0 bridgehead atoms. The molecule has 0 aromatic heterocycles. The normalized spacial score (nSPS) is 22.2. The van der Waals surface area contributed by atoms with Crippen molar-refractivity contribution in [3.05, 3.63) is 70.8 Å². The Morgan fingerprint density at radius 3 is 1.23 bits per heavy atom. The molecule has 6 heteroatoms. The Labute approximate surface area is 241 Å². The van der Waals surface area contributed by atoms with Gasteiger partial charge in [-0.25, -0.2) is 0 Å².